The number of nitrogens with zero attached hydrogens (tertiary/aromatic N) is 1. The van der Waals surface area contributed by atoms with E-state index in [1.807, 2.05) is 12.4 Å². The minimum Gasteiger partial charge on any atom is -0.315 e. The second-order valence-corrected chi connectivity index (χ2v) is 3.81. The molecule has 0 spiro atoms. The highest BCUT2D eigenvalue weighted by molar-refractivity contribution is 5.85. The molecular formula is C12H13ClN2. The third-order valence-electron chi connectivity index (χ3n) is 2.92. The highest BCUT2D eigenvalue weighted by Crippen LogP contribution is 2.26. The van der Waals surface area contributed by atoms with E-state index in [4.69, 9.17) is 0 Å². The van der Waals surface area contributed by atoms with Crippen molar-refractivity contribution in [1.82, 2.24) is 10.3 Å². The lowest BCUT2D eigenvalue weighted by Gasteiger charge is -2.28. The average molecular weight is 221 g/mol. The Morgan fingerprint density at radius 2 is 1.93 bits per heavy atom. The molecule has 15 heavy (non-hydrogen) atoms. The second-order valence-electron chi connectivity index (χ2n) is 3.81. The maximum absolute atomic E-state index is 4.29. The SMILES string of the molecule is Cl.c1ccc2c(C3CNC3)cncc2c1. The Labute approximate surface area is 95.1 Å². The molecular weight excluding hydrogens is 208 g/mol. The lowest BCUT2D eigenvalue weighted by molar-refractivity contribution is 0.450. The Bertz CT molecular complexity index is 461. The number of hydrogen-bond donors (Lipinski definition) is 1. The van der Waals surface area contributed by atoms with Crippen molar-refractivity contribution in [3.05, 3.63) is 42.2 Å². The molecule has 3 heteroatoms. The summed E-state index contributed by atoms with van der Waals surface area (Å²) in [4.78, 5) is 4.29. The lowest BCUT2D eigenvalue weighted by atomic mass is 9.91. The van der Waals surface area contributed by atoms with Crippen LogP contribution in [0.1, 0.15) is 11.5 Å². The minimum absolute atomic E-state index is 0. The van der Waals surface area contributed by atoms with Gasteiger partial charge in [0.2, 0.25) is 0 Å². The molecule has 1 N–H and O–H groups in total. The van der Waals surface area contributed by atoms with Gasteiger partial charge in [-0.1, -0.05) is 24.3 Å². The maximum atomic E-state index is 4.29. The van der Waals surface area contributed by atoms with Gasteiger partial charge in [0, 0.05) is 36.8 Å². The maximum Gasteiger partial charge on any atom is 0.0346 e. The van der Waals surface area contributed by atoms with Gasteiger partial charge in [0.15, 0.2) is 0 Å². The number of hydrogen-bond acceptors (Lipinski definition) is 2. The van der Waals surface area contributed by atoms with E-state index in [0.29, 0.717) is 5.92 Å². The molecule has 0 bridgehead atoms. The number of benzene rings is 1. The van der Waals surface area contributed by atoms with Crippen molar-refractivity contribution in [3.63, 3.8) is 0 Å². The van der Waals surface area contributed by atoms with Crippen molar-refractivity contribution in [3.8, 4) is 0 Å². The van der Waals surface area contributed by atoms with Crippen LogP contribution in [0.4, 0.5) is 0 Å². The summed E-state index contributed by atoms with van der Waals surface area (Å²) in [6.07, 6.45) is 3.94. The molecule has 0 radical (unpaired) electrons. The van der Waals surface area contributed by atoms with E-state index in [1.165, 1.54) is 16.3 Å². The number of rotatable bonds is 1. The zero-order valence-electron chi connectivity index (χ0n) is 8.31. The standard InChI is InChI=1S/C12H12N2.ClH/c1-2-4-11-9(3-1)5-14-8-12(11)10-6-13-7-10;/h1-5,8,10,13H,6-7H2;1H. The van der Waals surface area contributed by atoms with Crippen molar-refractivity contribution >= 4 is 23.2 Å². The first-order valence-corrected chi connectivity index (χ1v) is 4.98. The number of nitrogens with one attached hydrogen (secondary N) is 1. The van der Waals surface area contributed by atoms with Crippen LogP contribution in [-0.4, -0.2) is 18.1 Å². The molecule has 1 saturated heterocycles. The van der Waals surface area contributed by atoms with E-state index >= 15 is 0 Å². The minimum atomic E-state index is 0. The molecule has 0 saturated carbocycles. The fourth-order valence-corrected chi connectivity index (χ4v) is 1.97. The Morgan fingerprint density at radius 1 is 1.13 bits per heavy atom. The summed E-state index contributed by atoms with van der Waals surface area (Å²) in [7, 11) is 0. The van der Waals surface area contributed by atoms with Gasteiger partial charge in [-0.05, 0) is 10.9 Å². The van der Waals surface area contributed by atoms with Crippen LogP contribution in [0.3, 0.4) is 0 Å². The number of aromatic nitrogens is 1. The summed E-state index contributed by atoms with van der Waals surface area (Å²) in [5.41, 5.74) is 1.39. The van der Waals surface area contributed by atoms with Crippen molar-refractivity contribution in [2.24, 2.45) is 0 Å². The molecule has 2 heterocycles. The van der Waals surface area contributed by atoms with Crippen molar-refractivity contribution < 1.29 is 0 Å². The quantitative estimate of drug-likeness (QED) is 0.798. The van der Waals surface area contributed by atoms with Gasteiger partial charge in [-0.3, -0.25) is 4.98 Å². The molecule has 0 atom stereocenters. The molecule has 1 aliphatic heterocycles. The summed E-state index contributed by atoms with van der Waals surface area (Å²) >= 11 is 0. The van der Waals surface area contributed by atoms with Gasteiger partial charge in [0.05, 0.1) is 0 Å². The fourth-order valence-electron chi connectivity index (χ4n) is 1.97. The van der Waals surface area contributed by atoms with Gasteiger partial charge in [-0.25, -0.2) is 0 Å². The summed E-state index contributed by atoms with van der Waals surface area (Å²) < 4.78 is 0. The van der Waals surface area contributed by atoms with E-state index < -0.39 is 0 Å². The van der Waals surface area contributed by atoms with E-state index in [0.717, 1.165) is 13.1 Å². The van der Waals surface area contributed by atoms with Crippen LogP contribution >= 0.6 is 12.4 Å². The van der Waals surface area contributed by atoms with Crippen LogP contribution in [0.25, 0.3) is 10.8 Å². The van der Waals surface area contributed by atoms with E-state index in [1.54, 1.807) is 0 Å². The molecule has 78 valence electrons. The van der Waals surface area contributed by atoms with Gasteiger partial charge in [-0.15, -0.1) is 12.4 Å². The molecule has 1 aromatic carbocycles. The number of pyridine rings is 1. The predicted molar refractivity (Wildman–Crippen MR) is 64.6 cm³/mol. The highest BCUT2D eigenvalue weighted by atomic mass is 35.5. The van der Waals surface area contributed by atoms with E-state index in [9.17, 15) is 0 Å². The fraction of sp³-hybridized carbons (Fsp3) is 0.250. The van der Waals surface area contributed by atoms with Gasteiger partial charge in [0.25, 0.3) is 0 Å². The van der Waals surface area contributed by atoms with E-state index in [-0.39, 0.29) is 12.4 Å². The average Bonchev–Trinajstić information content (AvgIpc) is 2.16. The first-order chi connectivity index (χ1) is 6.95. The second kappa shape index (κ2) is 4.17. The molecule has 2 nitrogen and oxygen atoms in total. The largest absolute Gasteiger partial charge is 0.315 e. The third kappa shape index (κ3) is 1.71. The summed E-state index contributed by atoms with van der Waals surface area (Å²) in [6.45, 7) is 2.19. The molecule has 1 aliphatic rings. The topological polar surface area (TPSA) is 24.9 Å². The normalized spacial score (nSPS) is 15.7. The van der Waals surface area contributed by atoms with Gasteiger partial charge >= 0.3 is 0 Å². The van der Waals surface area contributed by atoms with Crippen LogP contribution in [0.15, 0.2) is 36.7 Å². The molecule has 1 fully saturated rings. The summed E-state index contributed by atoms with van der Waals surface area (Å²) in [5.74, 6) is 0.661. The van der Waals surface area contributed by atoms with Crippen LogP contribution in [0.5, 0.6) is 0 Å². The van der Waals surface area contributed by atoms with Crippen molar-refractivity contribution in [2.75, 3.05) is 13.1 Å². The van der Waals surface area contributed by atoms with E-state index in [2.05, 4.69) is 34.6 Å². The molecule has 2 aromatic rings. The molecule has 0 aliphatic carbocycles. The summed E-state index contributed by atoms with van der Waals surface area (Å²) in [6, 6.07) is 8.47. The Balaban J connectivity index is 0.000000853. The van der Waals surface area contributed by atoms with Gasteiger partial charge in [-0.2, -0.15) is 0 Å². The zero-order valence-corrected chi connectivity index (χ0v) is 9.13. The Kier molecular flexibility index (Phi) is 2.89. The van der Waals surface area contributed by atoms with Crippen LogP contribution in [-0.2, 0) is 0 Å². The van der Waals surface area contributed by atoms with Gasteiger partial charge in [0.1, 0.15) is 0 Å². The summed E-state index contributed by atoms with van der Waals surface area (Å²) in [5, 5.41) is 5.90. The Morgan fingerprint density at radius 3 is 2.67 bits per heavy atom. The lowest BCUT2D eigenvalue weighted by Crippen LogP contribution is -2.40. The third-order valence-corrected chi connectivity index (χ3v) is 2.92. The molecule has 0 amide bonds. The zero-order chi connectivity index (χ0) is 9.38. The van der Waals surface area contributed by atoms with Crippen LogP contribution < -0.4 is 5.32 Å². The smallest absolute Gasteiger partial charge is 0.0346 e. The monoisotopic (exact) mass is 220 g/mol. The molecule has 3 rings (SSSR count). The molecule has 0 unspecified atom stereocenters. The first-order valence-electron chi connectivity index (χ1n) is 4.98. The van der Waals surface area contributed by atoms with Crippen LogP contribution in [0, 0.1) is 0 Å². The van der Waals surface area contributed by atoms with Gasteiger partial charge < -0.3 is 5.32 Å². The van der Waals surface area contributed by atoms with Crippen LogP contribution in [0.2, 0.25) is 0 Å². The highest BCUT2D eigenvalue weighted by Gasteiger charge is 2.20. The predicted octanol–water partition coefficient (Wildman–Crippen LogP) is 2.34. The van der Waals surface area contributed by atoms with Crippen molar-refractivity contribution in [2.45, 2.75) is 5.92 Å². The number of halogens is 1. The van der Waals surface area contributed by atoms with Crippen molar-refractivity contribution in [1.29, 1.82) is 0 Å². The Hall–Kier alpha value is -1.12. The molecule has 1 aromatic heterocycles. The number of fused-ring (bicyclic) bond motifs is 1. The first kappa shape index (κ1) is 10.4.